The van der Waals surface area contributed by atoms with Gasteiger partial charge in [-0.2, -0.15) is 0 Å². The van der Waals surface area contributed by atoms with Gasteiger partial charge in [0.15, 0.2) is 0 Å². The van der Waals surface area contributed by atoms with E-state index in [1.54, 1.807) is 36.5 Å². The first kappa shape index (κ1) is 13.8. The third-order valence-corrected chi connectivity index (χ3v) is 3.77. The highest BCUT2D eigenvalue weighted by Crippen LogP contribution is 2.20. The van der Waals surface area contributed by atoms with Crippen LogP contribution in [0.3, 0.4) is 0 Å². The molecular formula is C17H18N2O2. The number of likely N-dealkylation sites (N-methyl/N-ethyl adjacent to an activating group) is 1. The molecule has 0 fully saturated rings. The molecule has 4 heteroatoms. The highest BCUT2D eigenvalue weighted by molar-refractivity contribution is 5.93. The molecule has 2 aromatic rings. The Balaban J connectivity index is 1.64. The Hall–Kier alpha value is -2.20. The number of carbonyl (C=O) groups is 1. The maximum Gasteiger partial charge on any atom is 0.255 e. The van der Waals surface area contributed by atoms with Crippen LogP contribution in [-0.2, 0) is 17.8 Å². The number of amides is 1. The lowest BCUT2D eigenvalue weighted by Gasteiger charge is -2.29. The van der Waals surface area contributed by atoms with Crippen LogP contribution in [0.2, 0.25) is 0 Å². The van der Waals surface area contributed by atoms with E-state index in [0.717, 1.165) is 6.42 Å². The van der Waals surface area contributed by atoms with Gasteiger partial charge in [-0.1, -0.05) is 24.3 Å². The molecular weight excluding hydrogens is 264 g/mol. The molecule has 0 saturated heterocycles. The molecule has 2 heterocycles. The summed E-state index contributed by atoms with van der Waals surface area (Å²) in [5, 5.41) is 0. The molecule has 0 N–H and O–H groups in total. The van der Waals surface area contributed by atoms with E-state index in [9.17, 15) is 4.79 Å². The average Bonchev–Trinajstić information content (AvgIpc) is 2.55. The summed E-state index contributed by atoms with van der Waals surface area (Å²) >= 11 is 0. The lowest BCUT2D eigenvalue weighted by Crippen LogP contribution is -2.38. The third kappa shape index (κ3) is 3.11. The van der Waals surface area contributed by atoms with Gasteiger partial charge >= 0.3 is 0 Å². The van der Waals surface area contributed by atoms with E-state index in [1.807, 2.05) is 12.1 Å². The first-order valence-electron chi connectivity index (χ1n) is 7.08. The van der Waals surface area contributed by atoms with E-state index in [1.165, 1.54) is 11.1 Å². The SMILES string of the molecule is CN(CC1Cc2ccccc2CO1)C(=O)c1cccnc1. The fourth-order valence-electron chi connectivity index (χ4n) is 2.62. The van der Waals surface area contributed by atoms with Crippen molar-refractivity contribution in [2.45, 2.75) is 19.1 Å². The molecule has 1 aromatic carbocycles. The van der Waals surface area contributed by atoms with Gasteiger partial charge in [0.25, 0.3) is 5.91 Å². The predicted octanol–water partition coefficient (Wildman–Crippen LogP) is 2.30. The van der Waals surface area contributed by atoms with Crippen LogP contribution in [0.25, 0.3) is 0 Å². The van der Waals surface area contributed by atoms with Crippen LogP contribution in [0.15, 0.2) is 48.8 Å². The fraction of sp³-hybridized carbons (Fsp3) is 0.294. The Morgan fingerprint density at radius 3 is 2.86 bits per heavy atom. The predicted molar refractivity (Wildman–Crippen MR) is 79.9 cm³/mol. The van der Waals surface area contributed by atoms with E-state index in [2.05, 4.69) is 17.1 Å². The fourth-order valence-corrected chi connectivity index (χ4v) is 2.62. The van der Waals surface area contributed by atoms with Crippen molar-refractivity contribution >= 4 is 5.91 Å². The van der Waals surface area contributed by atoms with Gasteiger partial charge in [0.1, 0.15) is 0 Å². The zero-order valence-corrected chi connectivity index (χ0v) is 12.0. The van der Waals surface area contributed by atoms with E-state index in [0.29, 0.717) is 18.7 Å². The molecule has 4 nitrogen and oxygen atoms in total. The maximum atomic E-state index is 12.3. The summed E-state index contributed by atoms with van der Waals surface area (Å²) in [6, 6.07) is 11.9. The van der Waals surface area contributed by atoms with Crippen molar-refractivity contribution < 1.29 is 9.53 Å². The number of hydrogen-bond acceptors (Lipinski definition) is 3. The molecule has 1 atom stereocenters. The van der Waals surface area contributed by atoms with Gasteiger partial charge in [0.2, 0.25) is 0 Å². The molecule has 0 bridgehead atoms. The summed E-state index contributed by atoms with van der Waals surface area (Å²) in [4.78, 5) is 18.0. The van der Waals surface area contributed by atoms with Crippen LogP contribution < -0.4 is 0 Å². The summed E-state index contributed by atoms with van der Waals surface area (Å²) in [5.74, 6) is -0.0226. The van der Waals surface area contributed by atoms with Gasteiger partial charge in [0, 0.05) is 32.4 Å². The van der Waals surface area contributed by atoms with Crippen LogP contribution >= 0.6 is 0 Å². The lowest BCUT2D eigenvalue weighted by atomic mass is 9.99. The highest BCUT2D eigenvalue weighted by Gasteiger charge is 2.22. The number of benzene rings is 1. The van der Waals surface area contributed by atoms with E-state index in [-0.39, 0.29) is 12.0 Å². The maximum absolute atomic E-state index is 12.3. The molecule has 0 radical (unpaired) electrons. The molecule has 3 rings (SSSR count). The van der Waals surface area contributed by atoms with E-state index >= 15 is 0 Å². The third-order valence-electron chi connectivity index (χ3n) is 3.77. The first-order chi connectivity index (χ1) is 10.2. The molecule has 1 unspecified atom stereocenters. The lowest BCUT2D eigenvalue weighted by molar-refractivity contribution is 0.00984. The molecule has 108 valence electrons. The minimum atomic E-state index is -0.0226. The van der Waals surface area contributed by atoms with Crippen molar-refractivity contribution in [1.29, 1.82) is 0 Å². The van der Waals surface area contributed by atoms with Crippen LogP contribution in [0.5, 0.6) is 0 Å². The molecule has 1 amide bonds. The van der Waals surface area contributed by atoms with E-state index in [4.69, 9.17) is 4.74 Å². The number of ether oxygens (including phenoxy) is 1. The Labute approximate surface area is 124 Å². The van der Waals surface area contributed by atoms with Crippen molar-refractivity contribution in [3.63, 3.8) is 0 Å². The van der Waals surface area contributed by atoms with Gasteiger partial charge < -0.3 is 9.64 Å². The normalized spacial score (nSPS) is 17.1. The molecule has 1 aliphatic heterocycles. The Kier molecular flexibility index (Phi) is 3.97. The van der Waals surface area contributed by atoms with Crippen LogP contribution in [0.1, 0.15) is 21.5 Å². The summed E-state index contributed by atoms with van der Waals surface area (Å²) < 4.78 is 5.85. The van der Waals surface area contributed by atoms with Crippen LogP contribution in [0, 0.1) is 0 Å². The Morgan fingerprint density at radius 2 is 2.10 bits per heavy atom. The second-order valence-electron chi connectivity index (χ2n) is 5.33. The molecule has 0 aliphatic carbocycles. The molecule has 0 spiro atoms. The van der Waals surface area contributed by atoms with Crippen molar-refractivity contribution in [1.82, 2.24) is 9.88 Å². The van der Waals surface area contributed by atoms with Crippen molar-refractivity contribution in [3.05, 3.63) is 65.5 Å². The highest BCUT2D eigenvalue weighted by atomic mass is 16.5. The zero-order valence-electron chi connectivity index (χ0n) is 12.0. The zero-order chi connectivity index (χ0) is 14.7. The average molecular weight is 282 g/mol. The summed E-state index contributed by atoms with van der Waals surface area (Å²) in [6.07, 6.45) is 4.15. The van der Waals surface area contributed by atoms with Crippen LogP contribution in [-0.4, -0.2) is 35.5 Å². The van der Waals surface area contributed by atoms with Gasteiger partial charge in [-0.05, 0) is 23.3 Å². The van der Waals surface area contributed by atoms with E-state index < -0.39 is 0 Å². The summed E-state index contributed by atoms with van der Waals surface area (Å²) in [6.45, 7) is 1.21. The standard InChI is InChI=1S/C17H18N2O2/c1-19(17(20)14-7-4-8-18-10-14)11-16-9-13-5-2-3-6-15(13)12-21-16/h2-8,10,16H,9,11-12H2,1H3. The number of fused-ring (bicyclic) bond motifs is 1. The largest absolute Gasteiger partial charge is 0.371 e. The first-order valence-corrected chi connectivity index (χ1v) is 7.08. The van der Waals surface area contributed by atoms with Crippen LogP contribution in [0.4, 0.5) is 0 Å². The monoisotopic (exact) mass is 282 g/mol. The topological polar surface area (TPSA) is 42.4 Å². The number of carbonyl (C=O) groups excluding carboxylic acids is 1. The van der Waals surface area contributed by atoms with Crippen molar-refractivity contribution in [2.24, 2.45) is 0 Å². The minimum absolute atomic E-state index is 0.0226. The Bertz CT molecular complexity index is 628. The molecule has 1 aromatic heterocycles. The summed E-state index contributed by atoms with van der Waals surface area (Å²) in [7, 11) is 1.80. The number of hydrogen-bond donors (Lipinski definition) is 0. The smallest absolute Gasteiger partial charge is 0.255 e. The van der Waals surface area contributed by atoms with Gasteiger partial charge in [0.05, 0.1) is 18.3 Å². The quantitative estimate of drug-likeness (QED) is 0.867. The summed E-state index contributed by atoms with van der Waals surface area (Å²) in [5.41, 5.74) is 3.17. The van der Waals surface area contributed by atoms with Gasteiger partial charge in [-0.25, -0.2) is 0 Å². The van der Waals surface area contributed by atoms with Crippen molar-refractivity contribution in [2.75, 3.05) is 13.6 Å². The second kappa shape index (κ2) is 6.06. The number of aromatic nitrogens is 1. The second-order valence-corrected chi connectivity index (χ2v) is 5.33. The van der Waals surface area contributed by atoms with Gasteiger partial charge in [-0.15, -0.1) is 0 Å². The Morgan fingerprint density at radius 1 is 1.29 bits per heavy atom. The number of pyridine rings is 1. The van der Waals surface area contributed by atoms with Crippen molar-refractivity contribution in [3.8, 4) is 0 Å². The van der Waals surface area contributed by atoms with Gasteiger partial charge in [-0.3, -0.25) is 9.78 Å². The molecule has 1 aliphatic rings. The number of nitrogens with zero attached hydrogens (tertiary/aromatic N) is 2. The molecule has 21 heavy (non-hydrogen) atoms. The minimum Gasteiger partial charge on any atom is -0.371 e. The molecule has 0 saturated carbocycles. The number of rotatable bonds is 3.